The molecule has 1 unspecified atom stereocenters. The smallest absolute Gasteiger partial charge is 0.211 e. The first kappa shape index (κ1) is 13.9. The SMILES string of the molecule is CCCCS(=O)(=O)NCCC1CCCCN1. The van der Waals surface area contributed by atoms with E-state index in [9.17, 15) is 8.42 Å². The highest BCUT2D eigenvalue weighted by Crippen LogP contribution is 2.09. The van der Waals surface area contributed by atoms with Crippen LogP contribution >= 0.6 is 0 Å². The Morgan fingerprint density at radius 2 is 2.19 bits per heavy atom. The predicted molar refractivity (Wildman–Crippen MR) is 67.0 cm³/mol. The summed E-state index contributed by atoms with van der Waals surface area (Å²) in [7, 11) is -3.02. The van der Waals surface area contributed by atoms with Gasteiger partial charge in [-0.3, -0.25) is 0 Å². The third-order valence-electron chi connectivity index (χ3n) is 2.99. The molecular weight excluding hydrogens is 224 g/mol. The van der Waals surface area contributed by atoms with Crippen molar-refractivity contribution in [1.82, 2.24) is 10.0 Å². The molecular formula is C11H24N2O2S. The summed E-state index contributed by atoms with van der Waals surface area (Å²) in [5.41, 5.74) is 0. The highest BCUT2D eigenvalue weighted by Gasteiger charge is 2.14. The molecule has 0 aromatic heterocycles. The lowest BCUT2D eigenvalue weighted by Crippen LogP contribution is -2.37. The minimum Gasteiger partial charge on any atom is -0.314 e. The number of piperidine rings is 1. The number of sulfonamides is 1. The molecule has 1 heterocycles. The Balaban J connectivity index is 2.13. The van der Waals surface area contributed by atoms with Gasteiger partial charge in [-0.05, 0) is 32.2 Å². The number of nitrogens with one attached hydrogen (secondary N) is 2. The second kappa shape index (κ2) is 7.25. The summed E-state index contributed by atoms with van der Waals surface area (Å²) >= 11 is 0. The van der Waals surface area contributed by atoms with Crippen LogP contribution in [0.4, 0.5) is 0 Å². The highest BCUT2D eigenvalue weighted by molar-refractivity contribution is 7.89. The fourth-order valence-electron chi connectivity index (χ4n) is 1.97. The Morgan fingerprint density at radius 1 is 1.38 bits per heavy atom. The first-order valence-electron chi connectivity index (χ1n) is 6.35. The van der Waals surface area contributed by atoms with E-state index in [2.05, 4.69) is 10.0 Å². The standard InChI is InChI=1S/C11H24N2O2S/c1-2-3-10-16(14,15)13-9-7-11-6-4-5-8-12-11/h11-13H,2-10H2,1H3. The van der Waals surface area contributed by atoms with Crippen molar-refractivity contribution in [3.05, 3.63) is 0 Å². The minimum atomic E-state index is -3.02. The van der Waals surface area contributed by atoms with Gasteiger partial charge in [0.2, 0.25) is 10.0 Å². The molecule has 0 aromatic carbocycles. The summed E-state index contributed by atoms with van der Waals surface area (Å²) in [5.74, 6) is 0.265. The first-order valence-corrected chi connectivity index (χ1v) is 8.00. The molecule has 4 nitrogen and oxygen atoms in total. The van der Waals surface area contributed by atoms with Gasteiger partial charge < -0.3 is 5.32 Å². The lowest BCUT2D eigenvalue weighted by atomic mass is 10.0. The molecule has 5 heteroatoms. The largest absolute Gasteiger partial charge is 0.314 e. The van der Waals surface area contributed by atoms with Crippen LogP contribution in [0.3, 0.4) is 0 Å². The van der Waals surface area contributed by atoms with Crippen molar-refractivity contribution in [1.29, 1.82) is 0 Å². The summed E-state index contributed by atoms with van der Waals surface area (Å²) in [6.07, 6.45) is 6.27. The van der Waals surface area contributed by atoms with E-state index in [1.807, 2.05) is 6.92 Å². The van der Waals surface area contributed by atoms with Gasteiger partial charge in [0.25, 0.3) is 0 Å². The number of rotatable bonds is 7. The molecule has 2 N–H and O–H groups in total. The lowest BCUT2D eigenvalue weighted by Gasteiger charge is -2.23. The van der Waals surface area contributed by atoms with E-state index in [1.54, 1.807) is 0 Å². The topological polar surface area (TPSA) is 58.2 Å². The maximum absolute atomic E-state index is 11.5. The molecule has 0 amide bonds. The summed E-state index contributed by atoms with van der Waals surface area (Å²) in [4.78, 5) is 0. The normalized spacial score (nSPS) is 22.2. The van der Waals surface area contributed by atoms with Crippen molar-refractivity contribution < 1.29 is 8.42 Å². The van der Waals surface area contributed by atoms with E-state index < -0.39 is 10.0 Å². The summed E-state index contributed by atoms with van der Waals surface area (Å²) in [6.45, 7) is 3.65. The number of hydrogen-bond acceptors (Lipinski definition) is 3. The molecule has 16 heavy (non-hydrogen) atoms. The second-order valence-corrected chi connectivity index (χ2v) is 6.43. The molecule has 0 aliphatic carbocycles. The van der Waals surface area contributed by atoms with E-state index >= 15 is 0 Å². The van der Waals surface area contributed by atoms with Crippen LogP contribution in [0.5, 0.6) is 0 Å². The Bertz CT molecular complexity index is 272. The zero-order valence-corrected chi connectivity index (χ0v) is 11.0. The van der Waals surface area contributed by atoms with Crippen molar-refractivity contribution in [2.24, 2.45) is 0 Å². The summed E-state index contributed by atoms with van der Waals surface area (Å²) in [5, 5.41) is 3.41. The summed E-state index contributed by atoms with van der Waals surface area (Å²) < 4.78 is 25.7. The average Bonchev–Trinajstić information content (AvgIpc) is 2.28. The van der Waals surface area contributed by atoms with Crippen molar-refractivity contribution >= 4 is 10.0 Å². The van der Waals surface area contributed by atoms with Gasteiger partial charge >= 0.3 is 0 Å². The first-order chi connectivity index (χ1) is 7.64. The molecule has 1 aliphatic rings. The third kappa shape index (κ3) is 5.82. The fraction of sp³-hybridized carbons (Fsp3) is 1.00. The average molecular weight is 248 g/mol. The van der Waals surface area contributed by atoms with Gasteiger partial charge in [-0.25, -0.2) is 13.1 Å². The number of unbranched alkanes of at least 4 members (excludes halogenated alkanes) is 1. The van der Waals surface area contributed by atoms with Gasteiger partial charge in [0, 0.05) is 12.6 Å². The van der Waals surface area contributed by atoms with E-state index in [0.29, 0.717) is 12.6 Å². The molecule has 1 rings (SSSR count). The predicted octanol–water partition coefficient (Wildman–Crippen LogP) is 1.24. The molecule has 0 saturated carbocycles. The van der Waals surface area contributed by atoms with Gasteiger partial charge in [-0.1, -0.05) is 19.8 Å². The molecule has 0 bridgehead atoms. The zero-order chi connectivity index (χ0) is 11.9. The maximum atomic E-state index is 11.5. The molecule has 0 radical (unpaired) electrons. The highest BCUT2D eigenvalue weighted by atomic mass is 32.2. The van der Waals surface area contributed by atoms with Gasteiger partial charge in [-0.2, -0.15) is 0 Å². The Kier molecular flexibility index (Phi) is 6.31. The van der Waals surface area contributed by atoms with Gasteiger partial charge in [0.1, 0.15) is 0 Å². The van der Waals surface area contributed by atoms with Crippen LogP contribution in [0.1, 0.15) is 45.4 Å². The summed E-state index contributed by atoms with van der Waals surface area (Å²) in [6, 6.07) is 0.502. The van der Waals surface area contributed by atoms with Crippen LogP contribution in [0.2, 0.25) is 0 Å². The van der Waals surface area contributed by atoms with Gasteiger partial charge in [0.15, 0.2) is 0 Å². The van der Waals surface area contributed by atoms with E-state index in [0.717, 1.165) is 25.8 Å². The molecule has 96 valence electrons. The molecule has 1 atom stereocenters. The minimum absolute atomic E-state index is 0.265. The van der Waals surface area contributed by atoms with Crippen LogP contribution in [0.15, 0.2) is 0 Å². The third-order valence-corrected chi connectivity index (χ3v) is 4.46. The molecule has 1 saturated heterocycles. The second-order valence-electron chi connectivity index (χ2n) is 4.50. The Hall–Kier alpha value is -0.130. The lowest BCUT2D eigenvalue weighted by molar-refractivity contribution is 0.382. The van der Waals surface area contributed by atoms with Crippen molar-refractivity contribution in [3.63, 3.8) is 0 Å². The van der Waals surface area contributed by atoms with Gasteiger partial charge in [-0.15, -0.1) is 0 Å². The molecule has 0 spiro atoms. The monoisotopic (exact) mass is 248 g/mol. The molecule has 0 aromatic rings. The van der Waals surface area contributed by atoms with Gasteiger partial charge in [0.05, 0.1) is 5.75 Å². The van der Waals surface area contributed by atoms with E-state index in [-0.39, 0.29) is 5.75 Å². The van der Waals surface area contributed by atoms with Crippen LogP contribution in [-0.2, 0) is 10.0 Å². The van der Waals surface area contributed by atoms with Crippen molar-refractivity contribution in [3.8, 4) is 0 Å². The maximum Gasteiger partial charge on any atom is 0.211 e. The van der Waals surface area contributed by atoms with E-state index in [1.165, 1.54) is 19.3 Å². The van der Waals surface area contributed by atoms with Crippen LogP contribution in [0.25, 0.3) is 0 Å². The van der Waals surface area contributed by atoms with Crippen LogP contribution in [-0.4, -0.2) is 33.3 Å². The van der Waals surface area contributed by atoms with Crippen molar-refractivity contribution in [2.75, 3.05) is 18.8 Å². The van der Waals surface area contributed by atoms with E-state index in [4.69, 9.17) is 0 Å². The number of hydrogen-bond donors (Lipinski definition) is 2. The van der Waals surface area contributed by atoms with Crippen molar-refractivity contribution in [2.45, 2.75) is 51.5 Å². The molecule has 1 aliphatic heterocycles. The quantitative estimate of drug-likeness (QED) is 0.712. The van der Waals surface area contributed by atoms with Crippen LogP contribution in [0, 0.1) is 0 Å². The Labute approximate surface area is 99.2 Å². The van der Waals surface area contributed by atoms with Crippen LogP contribution < -0.4 is 10.0 Å². The zero-order valence-electron chi connectivity index (χ0n) is 10.2. The molecule has 1 fully saturated rings. The Morgan fingerprint density at radius 3 is 2.81 bits per heavy atom. The fourth-order valence-corrected chi connectivity index (χ4v) is 3.21.